The summed E-state index contributed by atoms with van der Waals surface area (Å²) in [6.07, 6.45) is -5.69. The zero-order valence-corrected chi connectivity index (χ0v) is 18.9. The second-order valence-electron chi connectivity index (χ2n) is 7.13. The van der Waals surface area contributed by atoms with E-state index >= 15 is 0 Å². The smallest absolute Gasteiger partial charge is 0.393 e. The summed E-state index contributed by atoms with van der Waals surface area (Å²) < 4.78 is 164. The fraction of sp³-hybridized carbons (Fsp3) is 0.588. The number of thiophene rings is 1. The first-order valence-electron chi connectivity index (χ1n) is 8.87. The number of amides is 2. The molecule has 0 saturated heterocycles. The van der Waals surface area contributed by atoms with E-state index in [9.17, 15) is 67.1 Å². The molecular weight excluding hydrogens is 556 g/mol. The van der Waals surface area contributed by atoms with Crippen molar-refractivity contribution in [3.05, 3.63) is 16.0 Å². The lowest BCUT2D eigenvalue weighted by Crippen LogP contribution is -2.70. The number of hydrogen-bond donors (Lipinski definition) is 1. The molecule has 206 valence electrons. The van der Waals surface area contributed by atoms with Crippen molar-refractivity contribution in [3.63, 3.8) is 0 Å². The summed E-state index contributed by atoms with van der Waals surface area (Å²) in [7, 11) is 3.06. The van der Waals surface area contributed by atoms with Gasteiger partial charge in [0.15, 0.2) is 0 Å². The average molecular weight is 570 g/mol. The van der Waals surface area contributed by atoms with E-state index in [2.05, 4.69) is 4.74 Å². The second-order valence-corrected chi connectivity index (χ2v) is 8.15. The molecule has 0 aliphatic heterocycles. The molecule has 19 heteroatoms. The van der Waals surface area contributed by atoms with Gasteiger partial charge in [-0.25, -0.2) is 13.6 Å². The maximum Gasteiger partial charge on any atom is 0.393 e. The van der Waals surface area contributed by atoms with Crippen molar-refractivity contribution in [2.75, 3.05) is 26.5 Å². The molecule has 0 spiro atoms. The standard InChI is InChI=1S/C17H14F12N2O4S/c1-5-6(10(33)35-4)8(36-7(5)9(32)31(2)3)30-12(34)14(22,23)16(26,27)17(28,29)15(24,25)13(20,21)11(18)19/h11H,1-4H3,(H,30,34). The Morgan fingerprint density at radius 2 is 1.36 bits per heavy atom. The lowest BCUT2D eigenvalue weighted by Gasteiger charge is -2.38. The molecule has 0 radical (unpaired) electrons. The number of hydrogen-bond acceptors (Lipinski definition) is 5. The number of ether oxygens (including phenoxy) is 1. The summed E-state index contributed by atoms with van der Waals surface area (Å²) in [6, 6.07) is 0. The number of nitrogens with zero attached hydrogens (tertiary/aromatic N) is 1. The van der Waals surface area contributed by atoms with Gasteiger partial charge >= 0.3 is 47.9 Å². The van der Waals surface area contributed by atoms with Gasteiger partial charge in [-0.15, -0.1) is 11.3 Å². The molecule has 1 heterocycles. The Morgan fingerprint density at radius 3 is 1.75 bits per heavy atom. The summed E-state index contributed by atoms with van der Waals surface area (Å²) in [5, 5.41) is -0.292. The van der Waals surface area contributed by atoms with Crippen LogP contribution in [0, 0.1) is 6.92 Å². The van der Waals surface area contributed by atoms with Crippen LogP contribution < -0.4 is 5.32 Å². The Morgan fingerprint density at radius 1 is 0.889 bits per heavy atom. The first-order valence-corrected chi connectivity index (χ1v) is 9.68. The first kappa shape index (κ1) is 31.3. The molecule has 2 amide bonds. The number of anilines is 1. The van der Waals surface area contributed by atoms with Gasteiger partial charge in [0.2, 0.25) is 0 Å². The van der Waals surface area contributed by atoms with Crippen molar-refractivity contribution < 1.29 is 71.8 Å². The van der Waals surface area contributed by atoms with Crippen molar-refractivity contribution in [2.24, 2.45) is 0 Å². The zero-order chi connectivity index (χ0) is 28.8. The van der Waals surface area contributed by atoms with Gasteiger partial charge in [-0.3, -0.25) is 9.59 Å². The number of nitrogens with one attached hydrogen (secondary N) is 1. The van der Waals surface area contributed by atoms with E-state index in [1.165, 1.54) is 14.1 Å². The summed E-state index contributed by atoms with van der Waals surface area (Å²) >= 11 is -0.0145. The second kappa shape index (κ2) is 9.62. The minimum atomic E-state index is -7.91. The fourth-order valence-electron chi connectivity index (χ4n) is 2.42. The monoisotopic (exact) mass is 570 g/mol. The number of rotatable bonds is 9. The normalized spacial score (nSPS) is 13.6. The maximum absolute atomic E-state index is 14.1. The number of methoxy groups -OCH3 is 1. The Hall–Kier alpha value is -2.73. The summed E-state index contributed by atoms with van der Waals surface area (Å²) in [5.41, 5.74) is -1.27. The van der Waals surface area contributed by atoms with E-state index in [4.69, 9.17) is 0 Å². The number of carbonyl (C=O) groups excluding carboxylic acids is 3. The number of alkyl halides is 12. The van der Waals surface area contributed by atoms with Crippen LogP contribution in [0.25, 0.3) is 0 Å². The number of esters is 1. The third-order valence-electron chi connectivity index (χ3n) is 4.52. The molecule has 0 bridgehead atoms. The quantitative estimate of drug-likeness (QED) is 0.338. The molecule has 1 N–H and O–H groups in total. The lowest BCUT2D eigenvalue weighted by molar-refractivity contribution is -0.406. The van der Waals surface area contributed by atoms with Crippen molar-refractivity contribution in [2.45, 2.75) is 43.0 Å². The first-order chi connectivity index (χ1) is 15.9. The van der Waals surface area contributed by atoms with Crippen molar-refractivity contribution in [1.82, 2.24) is 4.90 Å². The van der Waals surface area contributed by atoms with Gasteiger partial charge in [-0.2, -0.15) is 43.9 Å². The van der Waals surface area contributed by atoms with E-state index in [1.807, 2.05) is 0 Å². The molecule has 0 aliphatic carbocycles. The van der Waals surface area contributed by atoms with E-state index < -0.39 is 69.3 Å². The fourth-order valence-corrected chi connectivity index (χ4v) is 3.63. The van der Waals surface area contributed by atoms with Gasteiger partial charge in [-0.1, -0.05) is 0 Å². The largest absolute Gasteiger partial charge is 0.465 e. The zero-order valence-electron chi connectivity index (χ0n) is 18.1. The molecule has 1 aromatic rings. The Labute approximate surface area is 197 Å². The van der Waals surface area contributed by atoms with E-state index in [1.54, 1.807) is 0 Å². The van der Waals surface area contributed by atoms with Crippen LogP contribution in [0.3, 0.4) is 0 Å². The summed E-state index contributed by atoms with van der Waals surface area (Å²) in [4.78, 5) is 36.3. The topological polar surface area (TPSA) is 75.7 Å². The molecule has 0 fully saturated rings. The van der Waals surface area contributed by atoms with Crippen LogP contribution in [0.1, 0.15) is 25.6 Å². The Kier molecular flexibility index (Phi) is 8.36. The van der Waals surface area contributed by atoms with Crippen LogP contribution in [0.5, 0.6) is 0 Å². The molecule has 1 rings (SSSR count). The molecule has 36 heavy (non-hydrogen) atoms. The van der Waals surface area contributed by atoms with Gasteiger partial charge < -0.3 is 15.0 Å². The van der Waals surface area contributed by atoms with E-state index in [0.717, 1.165) is 17.1 Å². The minimum absolute atomic E-state index is 0.0145. The minimum Gasteiger partial charge on any atom is -0.465 e. The van der Waals surface area contributed by atoms with Crippen LogP contribution >= 0.6 is 11.3 Å². The van der Waals surface area contributed by atoms with Gasteiger partial charge in [0.05, 0.1) is 17.6 Å². The van der Waals surface area contributed by atoms with Crippen molar-refractivity contribution >= 4 is 34.1 Å². The van der Waals surface area contributed by atoms with Crippen LogP contribution in [-0.2, 0) is 9.53 Å². The highest BCUT2D eigenvalue weighted by Gasteiger charge is 2.89. The third kappa shape index (κ3) is 4.56. The molecule has 0 aromatic carbocycles. The maximum atomic E-state index is 14.1. The summed E-state index contributed by atoms with van der Waals surface area (Å²) in [5.74, 6) is -43.5. The average Bonchev–Trinajstić information content (AvgIpc) is 3.07. The van der Waals surface area contributed by atoms with Crippen LogP contribution in [-0.4, -0.2) is 79.9 Å². The van der Waals surface area contributed by atoms with E-state index in [0.29, 0.717) is 7.11 Å². The number of carbonyl (C=O) groups is 3. The molecule has 0 unspecified atom stereocenters. The van der Waals surface area contributed by atoms with Gasteiger partial charge in [0.1, 0.15) is 5.00 Å². The molecule has 6 nitrogen and oxygen atoms in total. The highest BCUT2D eigenvalue weighted by atomic mass is 32.1. The van der Waals surface area contributed by atoms with Crippen molar-refractivity contribution in [1.29, 1.82) is 0 Å². The molecule has 0 saturated carbocycles. The van der Waals surface area contributed by atoms with E-state index in [-0.39, 0.29) is 16.9 Å². The molecule has 1 aromatic heterocycles. The lowest BCUT2D eigenvalue weighted by atomic mass is 9.94. The predicted octanol–water partition coefficient (Wildman–Crippen LogP) is 4.93. The molecule has 0 aliphatic rings. The van der Waals surface area contributed by atoms with Crippen LogP contribution in [0.4, 0.5) is 57.7 Å². The van der Waals surface area contributed by atoms with Crippen LogP contribution in [0.15, 0.2) is 0 Å². The highest BCUT2D eigenvalue weighted by molar-refractivity contribution is 7.18. The Bertz CT molecular complexity index is 1040. The predicted molar refractivity (Wildman–Crippen MR) is 97.8 cm³/mol. The summed E-state index contributed by atoms with van der Waals surface area (Å²) in [6.45, 7) is 1.00. The van der Waals surface area contributed by atoms with Gasteiger partial charge in [0.25, 0.3) is 5.91 Å². The highest BCUT2D eigenvalue weighted by Crippen LogP contribution is 2.58. The van der Waals surface area contributed by atoms with Crippen LogP contribution in [0.2, 0.25) is 0 Å². The third-order valence-corrected chi connectivity index (χ3v) is 5.72. The van der Waals surface area contributed by atoms with Gasteiger partial charge in [-0.05, 0) is 12.5 Å². The molecular formula is C17H14F12N2O4S. The molecule has 0 atom stereocenters. The van der Waals surface area contributed by atoms with Crippen molar-refractivity contribution in [3.8, 4) is 0 Å². The number of halogens is 12. The van der Waals surface area contributed by atoms with Gasteiger partial charge in [0, 0.05) is 14.1 Å². The SMILES string of the molecule is COC(=O)c1c(NC(=O)C(F)(F)C(F)(F)C(F)(F)C(F)(F)C(F)(F)C(F)F)sc(C(=O)N(C)C)c1C. The Balaban J connectivity index is 3.60.